The summed E-state index contributed by atoms with van der Waals surface area (Å²) in [6.45, 7) is 4.69. The topological polar surface area (TPSA) is 55.6 Å². The highest BCUT2D eigenvalue weighted by molar-refractivity contribution is 5.77. The van der Waals surface area contributed by atoms with Gasteiger partial charge in [-0.3, -0.25) is 4.79 Å². The maximum Gasteiger partial charge on any atom is 0.222 e. The lowest BCUT2D eigenvalue weighted by Crippen LogP contribution is -2.39. The van der Waals surface area contributed by atoms with Gasteiger partial charge in [-0.2, -0.15) is 0 Å². The van der Waals surface area contributed by atoms with E-state index in [4.69, 9.17) is 10.5 Å². The third kappa shape index (κ3) is 2.86. The molecule has 1 saturated heterocycles. The summed E-state index contributed by atoms with van der Waals surface area (Å²) in [4.78, 5) is 14.5. The first kappa shape index (κ1) is 14.3. The summed E-state index contributed by atoms with van der Waals surface area (Å²) in [7, 11) is 0. The standard InChI is InChI=1S/C16H28N2O2/c1-2-20-13-6-11(7-13)8-16(19)18-9-12-4-3-5-15(17)14(12)10-18/h11-15H,2-10,17H2,1H3. The van der Waals surface area contributed by atoms with Crippen molar-refractivity contribution in [1.82, 2.24) is 4.90 Å². The number of fused-ring (bicyclic) bond motifs is 1. The number of nitrogens with zero attached hydrogens (tertiary/aromatic N) is 1. The molecule has 0 spiro atoms. The average molecular weight is 280 g/mol. The predicted octanol–water partition coefficient (Wildman–Crippen LogP) is 1.78. The number of nitrogens with two attached hydrogens (primary N) is 1. The van der Waals surface area contributed by atoms with Crippen molar-refractivity contribution in [3.63, 3.8) is 0 Å². The smallest absolute Gasteiger partial charge is 0.222 e. The molecule has 1 heterocycles. The summed E-state index contributed by atoms with van der Waals surface area (Å²) in [5, 5.41) is 0. The molecule has 2 saturated carbocycles. The molecular formula is C16H28N2O2. The van der Waals surface area contributed by atoms with Crippen LogP contribution in [0.1, 0.15) is 45.4 Å². The molecule has 3 unspecified atom stereocenters. The van der Waals surface area contributed by atoms with Crippen molar-refractivity contribution in [3.8, 4) is 0 Å². The Kier molecular flexibility index (Phi) is 4.32. The van der Waals surface area contributed by atoms with E-state index in [-0.39, 0.29) is 0 Å². The summed E-state index contributed by atoms with van der Waals surface area (Å²) in [5.41, 5.74) is 6.22. The number of carbonyl (C=O) groups excluding carboxylic acids is 1. The number of rotatable bonds is 4. The number of carbonyl (C=O) groups is 1. The molecule has 0 bridgehead atoms. The Morgan fingerprint density at radius 1 is 1.30 bits per heavy atom. The zero-order valence-corrected chi connectivity index (χ0v) is 12.6. The number of hydrogen-bond donors (Lipinski definition) is 1. The van der Waals surface area contributed by atoms with Gasteiger partial charge in [0, 0.05) is 32.2 Å². The van der Waals surface area contributed by atoms with Crippen molar-refractivity contribution >= 4 is 5.91 Å². The summed E-state index contributed by atoms with van der Waals surface area (Å²) in [5.74, 6) is 2.13. The fourth-order valence-electron chi connectivity index (χ4n) is 4.31. The van der Waals surface area contributed by atoms with Crippen LogP contribution in [0.3, 0.4) is 0 Å². The van der Waals surface area contributed by atoms with Crippen LogP contribution in [-0.4, -0.2) is 42.6 Å². The molecule has 0 aromatic carbocycles. The third-order valence-electron chi connectivity index (χ3n) is 5.56. The minimum absolute atomic E-state index is 0.317. The van der Waals surface area contributed by atoms with E-state index < -0.39 is 0 Å². The van der Waals surface area contributed by atoms with Gasteiger partial charge < -0.3 is 15.4 Å². The minimum Gasteiger partial charge on any atom is -0.378 e. The molecule has 4 heteroatoms. The van der Waals surface area contributed by atoms with Crippen molar-refractivity contribution in [2.75, 3.05) is 19.7 Å². The summed E-state index contributed by atoms with van der Waals surface area (Å²) >= 11 is 0. The molecule has 3 rings (SSSR count). The van der Waals surface area contributed by atoms with E-state index in [1.165, 1.54) is 12.8 Å². The van der Waals surface area contributed by atoms with Crippen LogP contribution in [-0.2, 0) is 9.53 Å². The van der Waals surface area contributed by atoms with Gasteiger partial charge in [0.05, 0.1) is 6.10 Å². The highest BCUT2D eigenvalue weighted by Gasteiger charge is 2.41. The lowest BCUT2D eigenvalue weighted by molar-refractivity contribution is -0.133. The van der Waals surface area contributed by atoms with Gasteiger partial charge >= 0.3 is 0 Å². The van der Waals surface area contributed by atoms with Gasteiger partial charge in [-0.05, 0) is 50.4 Å². The van der Waals surface area contributed by atoms with E-state index in [1.54, 1.807) is 0 Å². The molecule has 20 heavy (non-hydrogen) atoms. The highest BCUT2D eigenvalue weighted by atomic mass is 16.5. The Morgan fingerprint density at radius 2 is 2.10 bits per heavy atom. The number of ether oxygens (including phenoxy) is 1. The van der Waals surface area contributed by atoms with Gasteiger partial charge in [-0.1, -0.05) is 6.42 Å². The normalized spacial score (nSPS) is 40.3. The van der Waals surface area contributed by atoms with E-state index in [1.807, 2.05) is 6.92 Å². The molecule has 3 fully saturated rings. The largest absolute Gasteiger partial charge is 0.378 e. The van der Waals surface area contributed by atoms with Gasteiger partial charge in [-0.25, -0.2) is 0 Å². The van der Waals surface area contributed by atoms with Gasteiger partial charge in [-0.15, -0.1) is 0 Å². The Hall–Kier alpha value is -0.610. The maximum absolute atomic E-state index is 12.4. The molecule has 0 radical (unpaired) electrons. The van der Waals surface area contributed by atoms with Crippen LogP contribution in [0.25, 0.3) is 0 Å². The zero-order chi connectivity index (χ0) is 14.1. The van der Waals surface area contributed by atoms with Crippen molar-refractivity contribution in [2.24, 2.45) is 23.5 Å². The van der Waals surface area contributed by atoms with Crippen LogP contribution >= 0.6 is 0 Å². The molecule has 2 N–H and O–H groups in total. The third-order valence-corrected chi connectivity index (χ3v) is 5.56. The Morgan fingerprint density at radius 3 is 2.80 bits per heavy atom. The van der Waals surface area contributed by atoms with E-state index in [9.17, 15) is 4.79 Å². The molecule has 3 aliphatic rings. The summed E-state index contributed by atoms with van der Waals surface area (Å²) in [6.07, 6.45) is 6.91. The van der Waals surface area contributed by atoms with E-state index in [0.717, 1.165) is 45.4 Å². The molecule has 0 aromatic rings. The van der Waals surface area contributed by atoms with Crippen molar-refractivity contribution in [3.05, 3.63) is 0 Å². The highest BCUT2D eigenvalue weighted by Crippen LogP contribution is 2.37. The number of likely N-dealkylation sites (tertiary alicyclic amines) is 1. The second kappa shape index (κ2) is 6.02. The predicted molar refractivity (Wildman–Crippen MR) is 78.1 cm³/mol. The molecule has 0 aromatic heterocycles. The Bertz CT molecular complexity index is 354. The number of amides is 1. The lowest BCUT2D eigenvalue weighted by atomic mass is 9.78. The molecule has 2 aliphatic carbocycles. The summed E-state index contributed by atoms with van der Waals surface area (Å²) < 4.78 is 5.56. The molecule has 1 amide bonds. The fraction of sp³-hybridized carbons (Fsp3) is 0.938. The van der Waals surface area contributed by atoms with Gasteiger partial charge in [0.2, 0.25) is 5.91 Å². The van der Waals surface area contributed by atoms with Crippen molar-refractivity contribution < 1.29 is 9.53 Å². The lowest BCUT2D eigenvalue weighted by Gasteiger charge is -2.35. The summed E-state index contributed by atoms with van der Waals surface area (Å²) in [6, 6.07) is 0.317. The first-order chi connectivity index (χ1) is 9.67. The van der Waals surface area contributed by atoms with E-state index in [0.29, 0.717) is 35.8 Å². The van der Waals surface area contributed by atoms with Crippen molar-refractivity contribution in [2.45, 2.75) is 57.6 Å². The first-order valence-corrected chi connectivity index (χ1v) is 8.32. The van der Waals surface area contributed by atoms with Gasteiger partial charge in [0.15, 0.2) is 0 Å². The average Bonchev–Trinajstić information content (AvgIpc) is 2.82. The van der Waals surface area contributed by atoms with E-state index in [2.05, 4.69) is 4.90 Å². The fourth-order valence-corrected chi connectivity index (χ4v) is 4.31. The Balaban J connectivity index is 1.45. The molecule has 114 valence electrons. The van der Waals surface area contributed by atoms with Gasteiger partial charge in [0.25, 0.3) is 0 Å². The quantitative estimate of drug-likeness (QED) is 0.854. The number of hydrogen-bond acceptors (Lipinski definition) is 3. The van der Waals surface area contributed by atoms with Crippen LogP contribution in [0, 0.1) is 17.8 Å². The second-order valence-electron chi connectivity index (χ2n) is 6.94. The first-order valence-electron chi connectivity index (χ1n) is 8.32. The minimum atomic E-state index is 0.317. The molecular weight excluding hydrogens is 252 g/mol. The van der Waals surface area contributed by atoms with Crippen LogP contribution in [0.4, 0.5) is 0 Å². The van der Waals surface area contributed by atoms with Crippen LogP contribution in [0.2, 0.25) is 0 Å². The second-order valence-corrected chi connectivity index (χ2v) is 6.94. The monoisotopic (exact) mass is 280 g/mol. The molecule has 3 atom stereocenters. The molecule has 1 aliphatic heterocycles. The Labute approximate surface area is 122 Å². The SMILES string of the molecule is CCOC1CC(CC(=O)N2CC3CCCC(N)C3C2)C1. The van der Waals surface area contributed by atoms with Crippen molar-refractivity contribution in [1.29, 1.82) is 0 Å². The van der Waals surface area contributed by atoms with Crippen LogP contribution in [0.15, 0.2) is 0 Å². The van der Waals surface area contributed by atoms with Crippen LogP contribution < -0.4 is 5.73 Å². The maximum atomic E-state index is 12.4. The zero-order valence-electron chi connectivity index (χ0n) is 12.6. The molecule has 4 nitrogen and oxygen atoms in total. The van der Waals surface area contributed by atoms with Gasteiger partial charge in [0.1, 0.15) is 0 Å². The van der Waals surface area contributed by atoms with Crippen LogP contribution in [0.5, 0.6) is 0 Å². The van der Waals surface area contributed by atoms with E-state index >= 15 is 0 Å².